The number of aromatic amines is 1. The highest BCUT2D eigenvalue weighted by molar-refractivity contribution is 6.46. The molecular weight excluding hydrogens is 496 g/mol. The number of ketones is 1. The number of methoxy groups -OCH3 is 2. The number of fused-ring (bicyclic) bond motifs is 1. The Bertz CT molecular complexity index is 1550. The number of hydrogen-bond donors (Lipinski definition) is 2. The molecule has 1 aromatic heterocycles. The third kappa shape index (κ3) is 4.81. The minimum absolute atomic E-state index is 0.00496. The predicted octanol–water partition coefficient (Wildman–Crippen LogP) is 5.25. The number of ether oxygens (including phenoxy) is 3. The number of aliphatic hydroxyl groups is 1. The standard InChI is InChI=1S/C31H30N2O6/c1-4-39-21-11-9-19(10-12-21)29(34)27-28(24-17-22(37-2)13-14-26(24)38-3)33(31(36)30(27)35)16-15-20-18-32-25-8-6-5-7-23(20)25/h5-14,17-18,28,32,34H,4,15-16H2,1-3H3/t28-/m1/s1. The number of para-hydroxylation sites is 1. The van der Waals surface area contributed by atoms with Gasteiger partial charge in [0.15, 0.2) is 0 Å². The fourth-order valence-corrected chi connectivity index (χ4v) is 5.10. The summed E-state index contributed by atoms with van der Waals surface area (Å²) < 4.78 is 16.6. The van der Waals surface area contributed by atoms with Crippen LogP contribution in [0, 0.1) is 0 Å². The number of nitrogens with zero attached hydrogens (tertiary/aromatic N) is 1. The number of aromatic nitrogens is 1. The summed E-state index contributed by atoms with van der Waals surface area (Å²) in [6.07, 6.45) is 2.42. The first kappa shape index (κ1) is 25.9. The monoisotopic (exact) mass is 526 g/mol. The summed E-state index contributed by atoms with van der Waals surface area (Å²) in [6, 6.07) is 19.0. The first-order valence-corrected chi connectivity index (χ1v) is 12.7. The van der Waals surface area contributed by atoms with E-state index in [1.165, 1.54) is 12.0 Å². The van der Waals surface area contributed by atoms with Crippen LogP contribution in [0.3, 0.4) is 0 Å². The zero-order chi connectivity index (χ0) is 27.5. The maximum atomic E-state index is 13.5. The van der Waals surface area contributed by atoms with Crippen LogP contribution in [-0.2, 0) is 16.0 Å². The van der Waals surface area contributed by atoms with Crippen LogP contribution in [0.5, 0.6) is 17.2 Å². The van der Waals surface area contributed by atoms with Gasteiger partial charge in [-0.05, 0) is 67.4 Å². The normalized spacial score (nSPS) is 16.6. The lowest BCUT2D eigenvalue weighted by molar-refractivity contribution is -0.139. The minimum Gasteiger partial charge on any atom is -0.507 e. The number of likely N-dealkylation sites (tertiary alicyclic amines) is 1. The molecule has 1 saturated heterocycles. The molecule has 2 N–H and O–H groups in total. The third-order valence-corrected chi connectivity index (χ3v) is 7.01. The molecule has 0 spiro atoms. The van der Waals surface area contributed by atoms with Gasteiger partial charge in [-0.15, -0.1) is 0 Å². The topological polar surface area (TPSA) is 101 Å². The van der Waals surface area contributed by atoms with E-state index < -0.39 is 17.7 Å². The Morgan fingerprint density at radius 3 is 2.44 bits per heavy atom. The average molecular weight is 527 g/mol. The minimum atomic E-state index is -0.883. The molecule has 3 aromatic carbocycles. The quantitative estimate of drug-likeness (QED) is 0.176. The number of carbonyl (C=O) groups is 2. The molecule has 0 bridgehead atoms. The van der Waals surface area contributed by atoms with E-state index in [1.54, 1.807) is 49.6 Å². The van der Waals surface area contributed by atoms with Crippen molar-refractivity contribution in [2.24, 2.45) is 0 Å². The van der Waals surface area contributed by atoms with E-state index in [9.17, 15) is 14.7 Å². The summed E-state index contributed by atoms with van der Waals surface area (Å²) in [7, 11) is 3.06. The van der Waals surface area contributed by atoms with Gasteiger partial charge in [0, 0.05) is 34.8 Å². The Labute approximate surface area is 226 Å². The number of carbonyl (C=O) groups excluding carboxylic acids is 2. The van der Waals surface area contributed by atoms with Crippen molar-refractivity contribution < 1.29 is 28.9 Å². The number of hydrogen-bond acceptors (Lipinski definition) is 6. The maximum absolute atomic E-state index is 13.5. The molecule has 1 atom stereocenters. The van der Waals surface area contributed by atoms with Gasteiger partial charge in [-0.2, -0.15) is 0 Å². The summed E-state index contributed by atoms with van der Waals surface area (Å²) in [4.78, 5) is 31.7. The Kier molecular flexibility index (Phi) is 7.27. The van der Waals surface area contributed by atoms with Crippen LogP contribution in [0.1, 0.15) is 29.7 Å². The van der Waals surface area contributed by atoms with Crippen LogP contribution in [0.2, 0.25) is 0 Å². The molecule has 5 rings (SSSR count). The van der Waals surface area contributed by atoms with Gasteiger partial charge in [0.2, 0.25) is 0 Å². The number of H-pyrrole nitrogens is 1. The fraction of sp³-hybridized carbons (Fsp3) is 0.226. The van der Waals surface area contributed by atoms with Gasteiger partial charge >= 0.3 is 0 Å². The fourth-order valence-electron chi connectivity index (χ4n) is 5.10. The molecule has 0 aliphatic carbocycles. The molecule has 2 heterocycles. The lowest BCUT2D eigenvalue weighted by Gasteiger charge is -2.27. The highest BCUT2D eigenvalue weighted by atomic mass is 16.5. The Morgan fingerprint density at radius 1 is 0.974 bits per heavy atom. The van der Waals surface area contributed by atoms with Gasteiger partial charge in [0.25, 0.3) is 11.7 Å². The molecule has 1 amide bonds. The molecule has 1 aliphatic rings. The summed E-state index contributed by atoms with van der Waals surface area (Å²) in [5.41, 5.74) is 2.96. The van der Waals surface area contributed by atoms with Crippen molar-refractivity contribution in [3.8, 4) is 17.2 Å². The zero-order valence-corrected chi connectivity index (χ0v) is 22.1. The average Bonchev–Trinajstić information content (AvgIpc) is 3.49. The van der Waals surface area contributed by atoms with Crippen molar-refractivity contribution in [2.45, 2.75) is 19.4 Å². The second-order valence-corrected chi connectivity index (χ2v) is 9.17. The summed E-state index contributed by atoms with van der Waals surface area (Å²) in [5.74, 6) is -0.0565. The van der Waals surface area contributed by atoms with Crippen molar-refractivity contribution in [3.63, 3.8) is 0 Å². The number of amides is 1. The Balaban J connectivity index is 1.60. The van der Waals surface area contributed by atoms with Crippen LogP contribution in [0.15, 0.2) is 78.5 Å². The van der Waals surface area contributed by atoms with Gasteiger partial charge in [-0.25, -0.2) is 0 Å². The van der Waals surface area contributed by atoms with E-state index in [0.29, 0.717) is 41.4 Å². The third-order valence-electron chi connectivity index (χ3n) is 7.01. The smallest absolute Gasteiger partial charge is 0.295 e. The molecule has 8 nitrogen and oxygen atoms in total. The summed E-state index contributed by atoms with van der Waals surface area (Å²) in [6.45, 7) is 2.63. The van der Waals surface area contributed by atoms with Crippen molar-refractivity contribution >= 4 is 28.4 Å². The molecule has 0 unspecified atom stereocenters. The SMILES string of the molecule is CCOc1ccc(C(O)=C2C(=O)C(=O)N(CCc3c[nH]c4ccccc34)[C@@H]2c2cc(OC)ccc2OC)cc1. The molecule has 200 valence electrons. The Hall–Kier alpha value is -4.72. The van der Waals surface area contributed by atoms with Crippen LogP contribution in [0.4, 0.5) is 0 Å². The number of aliphatic hydroxyl groups excluding tert-OH is 1. The molecule has 1 aliphatic heterocycles. The molecule has 8 heteroatoms. The van der Waals surface area contributed by atoms with E-state index in [1.807, 2.05) is 37.4 Å². The summed E-state index contributed by atoms with van der Waals surface area (Å²) in [5, 5.41) is 12.5. The van der Waals surface area contributed by atoms with Gasteiger partial charge in [0.05, 0.1) is 32.4 Å². The lowest BCUT2D eigenvalue weighted by Crippen LogP contribution is -2.31. The molecule has 0 radical (unpaired) electrons. The zero-order valence-electron chi connectivity index (χ0n) is 22.1. The van der Waals surface area contributed by atoms with Crippen LogP contribution in [-0.4, -0.2) is 54.1 Å². The van der Waals surface area contributed by atoms with Crippen molar-refractivity contribution in [2.75, 3.05) is 27.4 Å². The van der Waals surface area contributed by atoms with Crippen LogP contribution in [0.25, 0.3) is 16.7 Å². The van der Waals surface area contributed by atoms with Crippen LogP contribution < -0.4 is 14.2 Å². The van der Waals surface area contributed by atoms with Gasteiger partial charge in [-0.3, -0.25) is 9.59 Å². The first-order chi connectivity index (χ1) is 19.0. The van der Waals surface area contributed by atoms with E-state index in [4.69, 9.17) is 14.2 Å². The van der Waals surface area contributed by atoms with Crippen molar-refractivity contribution in [1.82, 2.24) is 9.88 Å². The molecule has 4 aromatic rings. The van der Waals surface area contributed by atoms with Crippen molar-refractivity contribution in [1.29, 1.82) is 0 Å². The number of Topliss-reactive ketones (excluding diaryl/α,β-unsaturated/α-hetero) is 1. The van der Waals surface area contributed by atoms with E-state index >= 15 is 0 Å². The predicted molar refractivity (Wildman–Crippen MR) is 148 cm³/mol. The first-order valence-electron chi connectivity index (χ1n) is 12.7. The van der Waals surface area contributed by atoms with Gasteiger partial charge in [0.1, 0.15) is 23.0 Å². The lowest BCUT2D eigenvalue weighted by atomic mass is 9.94. The van der Waals surface area contributed by atoms with Crippen LogP contribution >= 0.6 is 0 Å². The Morgan fingerprint density at radius 2 is 1.72 bits per heavy atom. The van der Waals surface area contributed by atoms with Gasteiger partial charge in [-0.1, -0.05) is 18.2 Å². The van der Waals surface area contributed by atoms with E-state index in [-0.39, 0.29) is 17.9 Å². The molecule has 0 saturated carbocycles. The second-order valence-electron chi connectivity index (χ2n) is 9.17. The number of rotatable bonds is 9. The molecular formula is C31H30N2O6. The summed E-state index contributed by atoms with van der Waals surface area (Å²) >= 11 is 0. The highest BCUT2D eigenvalue weighted by Gasteiger charge is 2.47. The van der Waals surface area contributed by atoms with E-state index in [2.05, 4.69) is 4.98 Å². The number of benzene rings is 3. The second kappa shape index (κ2) is 10.9. The maximum Gasteiger partial charge on any atom is 0.295 e. The largest absolute Gasteiger partial charge is 0.507 e. The van der Waals surface area contributed by atoms with Gasteiger partial charge < -0.3 is 29.2 Å². The van der Waals surface area contributed by atoms with Crippen molar-refractivity contribution in [3.05, 3.63) is 95.2 Å². The number of nitrogens with one attached hydrogen (secondary N) is 1. The van der Waals surface area contributed by atoms with E-state index in [0.717, 1.165) is 16.5 Å². The molecule has 39 heavy (non-hydrogen) atoms. The highest BCUT2D eigenvalue weighted by Crippen LogP contribution is 2.44. The molecule has 1 fully saturated rings.